The maximum absolute atomic E-state index is 12.7. The number of hydrogen-bond donors (Lipinski definition) is 0. The van der Waals surface area contributed by atoms with Crippen molar-refractivity contribution < 1.29 is 14.3 Å². The number of fused-ring (bicyclic) bond motifs is 1. The Kier molecular flexibility index (Phi) is 4.76. The number of piperidine rings is 1. The number of pyridine rings is 1. The van der Waals surface area contributed by atoms with Crippen LogP contribution in [0.1, 0.15) is 30.3 Å². The van der Waals surface area contributed by atoms with Crippen molar-refractivity contribution in [3.8, 4) is 5.88 Å². The molecule has 0 atom stereocenters. The Morgan fingerprint density at radius 2 is 2.04 bits per heavy atom. The Morgan fingerprint density at radius 1 is 1.30 bits per heavy atom. The van der Waals surface area contributed by atoms with Crippen molar-refractivity contribution in [3.05, 3.63) is 36.0 Å². The van der Waals surface area contributed by atoms with Gasteiger partial charge in [0.1, 0.15) is 5.69 Å². The van der Waals surface area contributed by atoms with Gasteiger partial charge in [-0.05, 0) is 37.3 Å². The third-order valence-electron chi connectivity index (χ3n) is 4.25. The van der Waals surface area contributed by atoms with Crippen molar-refractivity contribution in [2.45, 2.75) is 25.9 Å². The number of nitrogens with zero attached hydrogens (tertiary/aromatic N) is 2. The lowest BCUT2D eigenvalue weighted by Gasteiger charge is -2.31. The monoisotopic (exact) mass is 314 g/mol. The highest BCUT2D eigenvalue weighted by Crippen LogP contribution is 2.25. The van der Waals surface area contributed by atoms with E-state index in [-0.39, 0.29) is 12.0 Å². The molecule has 1 saturated heterocycles. The van der Waals surface area contributed by atoms with E-state index >= 15 is 0 Å². The molecule has 23 heavy (non-hydrogen) atoms. The summed E-state index contributed by atoms with van der Waals surface area (Å²) < 4.78 is 11.0. The summed E-state index contributed by atoms with van der Waals surface area (Å²) in [6.07, 6.45) is 2.03. The number of methoxy groups -OCH3 is 1. The molecule has 3 rings (SSSR count). The number of likely N-dealkylation sites (tertiary alicyclic amines) is 1. The fourth-order valence-electron chi connectivity index (χ4n) is 3.06. The Bertz CT molecular complexity index is 694. The van der Waals surface area contributed by atoms with Crippen LogP contribution < -0.4 is 4.74 Å². The number of amides is 1. The van der Waals surface area contributed by atoms with E-state index < -0.39 is 0 Å². The summed E-state index contributed by atoms with van der Waals surface area (Å²) in [6, 6.07) is 9.64. The lowest BCUT2D eigenvalue weighted by atomic mass is 10.1. The van der Waals surface area contributed by atoms with Gasteiger partial charge in [-0.1, -0.05) is 18.2 Å². The molecule has 0 radical (unpaired) electrons. The second kappa shape index (κ2) is 6.96. The van der Waals surface area contributed by atoms with Crippen LogP contribution in [0.5, 0.6) is 5.88 Å². The molecule has 1 aliphatic rings. The summed E-state index contributed by atoms with van der Waals surface area (Å²) in [5.41, 5.74) is 0.440. The zero-order chi connectivity index (χ0) is 16.2. The van der Waals surface area contributed by atoms with Crippen molar-refractivity contribution in [1.82, 2.24) is 9.88 Å². The maximum Gasteiger partial charge on any atom is 0.272 e. The minimum Gasteiger partial charge on any atom is -0.481 e. The summed E-state index contributed by atoms with van der Waals surface area (Å²) in [5, 5.41) is 1.88. The highest BCUT2D eigenvalue weighted by atomic mass is 16.5. The van der Waals surface area contributed by atoms with Crippen molar-refractivity contribution >= 4 is 16.7 Å². The lowest BCUT2D eigenvalue weighted by molar-refractivity contribution is 0.0144. The first-order valence-corrected chi connectivity index (χ1v) is 8.07. The van der Waals surface area contributed by atoms with E-state index in [0.717, 1.165) is 30.2 Å². The first-order valence-electron chi connectivity index (χ1n) is 8.07. The second-order valence-corrected chi connectivity index (χ2v) is 5.68. The highest BCUT2D eigenvalue weighted by molar-refractivity contribution is 5.98. The molecule has 1 aromatic carbocycles. The van der Waals surface area contributed by atoms with Gasteiger partial charge >= 0.3 is 0 Å². The van der Waals surface area contributed by atoms with Gasteiger partial charge in [0.05, 0.1) is 13.2 Å². The topological polar surface area (TPSA) is 51.7 Å². The molecule has 0 bridgehead atoms. The SMILES string of the molecule is CCOC1CCN(C(=O)c2cc3ccccc3c(OC)n2)CC1. The van der Waals surface area contributed by atoms with E-state index in [0.29, 0.717) is 24.7 Å². The predicted octanol–water partition coefficient (Wildman–Crippen LogP) is 2.88. The first-order chi connectivity index (χ1) is 11.2. The van der Waals surface area contributed by atoms with Gasteiger partial charge in [0, 0.05) is 25.1 Å². The number of rotatable bonds is 4. The van der Waals surface area contributed by atoms with Crippen LogP contribution in [0.15, 0.2) is 30.3 Å². The Hall–Kier alpha value is -2.14. The number of aromatic nitrogens is 1. The van der Waals surface area contributed by atoms with E-state index in [2.05, 4.69) is 4.98 Å². The lowest BCUT2D eigenvalue weighted by Crippen LogP contribution is -2.41. The van der Waals surface area contributed by atoms with Crippen LogP contribution in [0.2, 0.25) is 0 Å². The normalized spacial score (nSPS) is 15.8. The molecule has 122 valence electrons. The number of benzene rings is 1. The molecule has 0 aliphatic carbocycles. The van der Waals surface area contributed by atoms with Gasteiger partial charge in [0.15, 0.2) is 0 Å². The number of carbonyl (C=O) groups is 1. The van der Waals surface area contributed by atoms with Gasteiger partial charge in [0.2, 0.25) is 5.88 Å². The smallest absolute Gasteiger partial charge is 0.272 e. The Morgan fingerprint density at radius 3 is 2.74 bits per heavy atom. The number of carbonyl (C=O) groups excluding carboxylic acids is 1. The van der Waals surface area contributed by atoms with Crippen LogP contribution in [0.4, 0.5) is 0 Å². The molecule has 2 aromatic rings. The molecule has 5 heteroatoms. The molecule has 1 aromatic heterocycles. The zero-order valence-corrected chi connectivity index (χ0v) is 13.6. The molecule has 1 amide bonds. The molecule has 1 fully saturated rings. The van der Waals surface area contributed by atoms with Gasteiger partial charge in [-0.2, -0.15) is 0 Å². The Labute approximate surface area is 136 Å². The first kappa shape index (κ1) is 15.7. The van der Waals surface area contributed by atoms with Crippen LogP contribution in [-0.2, 0) is 4.74 Å². The highest BCUT2D eigenvalue weighted by Gasteiger charge is 2.25. The molecule has 2 heterocycles. The molecule has 0 N–H and O–H groups in total. The zero-order valence-electron chi connectivity index (χ0n) is 13.6. The number of hydrogen-bond acceptors (Lipinski definition) is 4. The Balaban J connectivity index is 1.81. The molecule has 0 saturated carbocycles. The third-order valence-corrected chi connectivity index (χ3v) is 4.25. The largest absolute Gasteiger partial charge is 0.481 e. The molecular formula is C18H22N2O3. The van der Waals surface area contributed by atoms with E-state index in [9.17, 15) is 4.79 Å². The maximum atomic E-state index is 12.7. The summed E-state index contributed by atoms with van der Waals surface area (Å²) >= 11 is 0. The quantitative estimate of drug-likeness (QED) is 0.871. The van der Waals surface area contributed by atoms with Crippen LogP contribution in [0.25, 0.3) is 10.8 Å². The molecule has 1 aliphatic heterocycles. The van der Waals surface area contributed by atoms with E-state index in [4.69, 9.17) is 9.47 Å². The summed E-state index contributed by atoms with van der Waals surface area (Å²) in [4.78, 5) is 19.0. The van der Waals surface area contributed by atoms with Crippen LogP contribution >= 0.6 is 0 Å². The third kappa shape index (κ3) is 3.29. The van der Waals surface area contributed by atoms with E-state index in [1.54, 1.807) is 7.11 Å². The standard InChI is InChI=1S/C18H22N2O3/c1-3-23-14-8-10-20(11-9-14)18(21)16-12-13-6-4-5-7-15(13)17(19-16)22-2/h4-7,12,14H,3,8-11H2,1-2H3. The van der Waals surface area contributed by atoms with Gasteiger partial charge < -0.3 is 14.4 Å². The van der Waals surface area contributed by atoms with E-state index in [1.807, 2.05) is 42.2 Å². The summed E-state index contributed by atoms with van der Waals surface area (Å²) in [5.74, 6) is 0.458. The van der Waals surface area contributed by atoms with Gasteiger partial charge in [-0.3, -0.25) is 4.79 Å². The average Bonchev–Trinajstić information content (AvgIpc) is 2.61. The minimum absolute atomic E-state index is 0.0380. The molecular weight excluding hydrogens is 292 g/mol. The number of ether oxygens (including phenoxy) is 2. The predicted molar refractivity (Wildman–Crippen MR) is 88.8 cm³/mol. The van der Waals surface area contributed by atoms with Gasteiger partial charge in [-0.25, -0.2) is 4.98 Å². The van der Waals surface area contributed by atoms with Crippen LogP contribution in [-0.4, -0.2) is 48.7 Å². The average molecular weight is 314 g/mol. The van der Waals surface area contributed by atoms with Gasteiger partial charge in [0.25, 0.3) is 5.91 Å². The summed E-state index contributed by atoms with van der Waals surface area (Å²) in [6.45, 7) is 4.14. The fourth-order valence-corrected chi connectivity index (χ4v) is 3.06. The second-order valence-electron chi connectivity index (χ2n) is 5.68. The fraction of sp³-hybridized carbons (Fsp3) is 0.444. The van der Waals surface area contributed by atoms with Gasteiger partial charge in [-0.15, -0.1) is 0 Å². The summed E-state index contributed by atoms with van der Waals surface area (Å²) in [7, 11) is 1.58. The van der Waals surface area contributed by atoms with Crippen LogP contribution in [0.3, 0.4) is 0 Å². The van der Waals surface area contributed by atoms with E-state index in [1.165, 1.54) is 0 Å². The minimum atomic E-state index is -0.0380. The molecule has 0 spiro atoms. The van der Waals surface area contributed by atoms with Crippen molar-refractivity contribution in [3.63, 3.8) is 0 Å². The van der Waals surface area contributed by atoms with Crippen molar-refractivity contribution in [2.24, 2.45) is 0 Å². The van der Waals surface area contributed by atoms with Crippen molar-refractivity contribution in [1.29, 1.82) is 0 Å². The van der Waals surface area contributed by atoms with Crippen LogP contribution in [0, 0.1) is 0 Å². The van der Waals surface area contributed by atoms with Crippen molar-refractivity contribution in [2.75, 3.05) is 26.8 Å². The molecule has 5 nitrogen and oxygen atoms in total. The molecule has 0 unspecified atom stereocenters.